The number of anilines is 1. The lowest BCUT2D eigenvalue weighted by Crippen LogP contribution is -2.35. The average molecular weight is 475 g/mol. The van der Waals surface area contributed by atoms with Crippen molar-refractivity contribution in [2.24, 2.45) is 13.0 Å². The molecule has 0 spiro atoms. The zero-order chi connectivity index (χ0) is 24.4. The number of aromatic nitrogens is 3. The molecule has 186 valence electrons. The Morgan fingerprint density at radius 2 is 1.80 bits per heavy atom. The number of nitrogens with one attached hydrogen (secondary N) is 1. The molecule has 0 radical (unpaired) electrons. The minimum atomic E-state index is 0.0720. The van der Waals surface area contributed by atoms with Crippen molar-refractivity contribution in [2.45, 2.75) is 57.5 Å². The lowest BCUT2D eigenvalue weighted by atomic mass is 9.85. The van der Waals surface area contributed by atoms with Gasteiger partial charge < -0.3 is 10.2 Å². The van der Waals surface area contributed by atoms with Gasteiger partial charge in [-0.1, -0.05) is 18.6 Å². The fourth-order valence-electron chi connectivity index (χ4n) is 5.68. The predicted molar refractivity (Wildman–Crippen MR) is 141 cm³/mol. The van der Waals surface area contributed by atoms with E-state index in [0.717, 1.165) is 61.7 Å². The molecule has 2 fully saturated rings. The van der Waals surface area contributed by atoms with E-state index < -0.39 is 0 Å². The van der Waals surface area contributed by atoms with E-state index in [9.17, 15) is 4.79 Å². The van der Waals surface area contributed by atoms with Gasteiger partial charge in [-0.15, -0.1) is 0 Å². The first-order valence-corrected chi connectivity index (χ1v) is 13.1. The Kier molecular flexibility index (Phi) is 7.16. The molecule has 0 unspecified atom stereocenters. The van der Waals surface area contributed by atoms with Crippen molar-refractivity contribution < 1.29 is 4.79 Å². The van der Waals surface area contributed by atoms with Gasteiger partial charge >= 0.3 is 0 Å². The standard InChI is InChI=1S/C28H38N6O/c1-32(2)24-11-9-20(10-12-24)28(35)31-27-16-23-15-21(7-8-22(23)17-29-27)25-18-30-33(3)26(25)19-34-13-5-4-6-14-34/h7-8,15-18,20,24H,4-6,9-14,19H2,1-3H3,(H,29,31,35). The molecule has 1 N–H and O–H groups in total. The molecule has 3 heterocycles. The number of carbonyl (C=O) groups is 1. The molecule has 1 aliphatic heterocycles. The molecule has 2 aliphatic rings. The van der Waals surface area contributed by atoms with E-state index >= 15 is 0 Å². The highest BCUT2D eigenvalue weighted by atomic mass is 16.1. The summed E-state index contributed by atoms with van der Waals surface area (Å²) in [4.78, 5) is 22.3. The van der Waals surface area contributed by atoms with Gasteiger partial charge in [-0.2, -0.15) is 5.10 Å². The first kappa shape index (κ1) is 23.9. The van der Waals surface area contributed by atoms with E-state index in [-0.39, 0.29) is 11.8 Å². The van der Waals surface area contributed by atoms with E-state index in [0.29, 0.717) is 11.9 Å². The Morgan fingerprint density at radius 1 is 1.03 bits per heavy atom. The van der Waals surface area contributed by atoms with Crippen LogP contribution in [0, 0.1) is 5.92 Å². The van der Waals surface area contributed by atoms with E-state index in [4.69, 9.17) is 0 Å². The number of carbonyl (C=O) groups excluding carboxylic acids is 1. The number of amides is 1. The summed E-state index contributed by atoms with van der Waals surface area (Å²) in [6, 6.07) is 9.06. The second-order valence-electron chi connectivity index (χ2n) is 10.6. The summed E-state index contributed by atoms with van der Waals surface area (Å²) in [5.74, 6) is 0.804. The number of benzene rings is 1. The van der Waals surface area contributed by atoms with Crippen LogP contribution in [0.4, 0.5) is 5.82 Å². The molecule has 1 saturated carbocycles. The van der Waals surface area contributed by atoms with Gasteiger partial charge in [-0.25, -0.2) is 4.98 Å². The van der Waals surface area contributed by atoms with Gasteiger partial charge in [0.15, 0.2) is 0 Å². The highest BCUT2D eigenvalue weighted by molar-refractivity contribution is 5.95. The maximum Gasteiger partial charge on any atom is 0.228 e. The lowest BCUT2D eigenvalue weighted by Gasteiger charge is -2.31. The van der Waals surface area contributed by atoms with Gasteiger partial charge in [-0.05, 0) is 88.8 Å². The second-order valence-corrected chi connectivity index (χ2v) is 10.6. The zero-order valence-corrected chi connectivity index (χ0v) is 21.3. The molecule has 0 bridgehead atoms. The van der Waals surface area contributed by atoms with Crippen molar-refractivity contribution in [1.82, 2.24) is 24.6 Å². The van der Waals surface area contributed by atoms with Crippen LogP contribution in [0.25, 0.3) is 21.9 Å². The van der Waals surface area contributed by atoms with Gasteiger partial charge in [0.25, 0.3) is 0 Å². The minimum Gasteiger partial charge on any atom is -0.310 e. The summed E-state index contributed by atoms with van der Waals surface area (Å²) in [6.45, 7) is 3.25. The Morgan fingerprint density at radius 3 is 2.54 bits per heavy atom. The number of fused-ring (bicyclic) bond motifs is 1. The maximum atomic E-state index is 12.9. The number of rotatable bonds is 6. The molecular weight excluding hydrogens is 436 g/mol. The summed E-state index contributed by atoms with van der Waals surface area (Å²) in [7, 11) is 6.29. The van der Waals surface area contributed by atoms with Gasteiger partial charge in [0, 0.05) is 42.7 Å². The second kappa shape index (κ2) is 10.5. The third kappa shape index (κ3) is 5.41. The van der Waals surface area contributed by atoms with E-state index in [1.54, 1.807) is 0 Å². The van der Waals surface area contributed by atoms with Crippen LogP contribution in [-0.2, 0) is 18.4 Å². The number of likely N-dealkylation sites (tertiary alicyclic amines) is 1. The molecule has 2 aromatic heterocycles. The molecule has 1 aromatic carbocycles. The van der Waals surface area contributed by atoms with E-state index in [1.165, 1.54) is 30.5 Å². The summed E-state index contributed by atoms with van der Waals surface area (Å²) < 4.78 is 2.01. The van der Waals surface area contributed by atoms with Crippen molar-refractivity contribution in [1.29, 1.82) is 0 Å². The summed E-state index contributed by atoms with van der Waals surface area (Å²) in [5.41, 5.74) is 3.59. The van der Waals surface area contributed by atoms with Crippen molar-refractivity contribution in [3.05, 3.63) is 42.4 Å². The Labute approximate surface area is 208 Å². The Bertz CT molecular complexity index is 1170. The number of hydrogen-bond donors (Lipinski definition) is 1. The third-order valence-corrected chi connectivity index (χ3v) is 7.97. The largest absolute Gasteiger partial charge is 0.310 e. The van der Waals surface area contributed by atoms with Crippen LogP contribution in [0.15, 0.2) is 36.7 Å². The van der Waals surface area contributed by atoms with Gasteiger partial charge in [0.2, 0.25) is 5.91 Å². The Balaban J connectivity index is 1.32. The summed E-state index contributed by atoms with van der Waals surface area (Å²) in [6.07, 6.45) is 11.8. The topological polar surface area (TPSA) is 66.3 Å². The van der Waals surface area contributed by atoms with Crippen LogP contribution in [0.3, 0.4) is 0 Å². The molecule has 1 amide bonds. The third-order valence-electron chi connectivity index (χ3n) is 7.97. The molecule has 7 nitrogen and oxygen atoms in total. The average Bonchev–Trinajstić information content (AvgIpc) is 3.24. The molecule has 35 heavy (non-hydrogen) atoms. The number of pyridine rings is 1. The molecule has 5 rings (SSSR count). The SMILES string of the molecule is CN(C)C1CCC(C(=O)Nc2cc3cc(-c4cnn(C)c4CN4CCCCC4)ccc3cn2)CC1. The van der Waals surface area contributed by atoms with Crippen LogP contribution in [0.5, 0.6) is 0 Å². The predicted octanol–water partition coefficient (Wildman–Crippen LogP) is 4.68. The highest BCUT2D eigenvalue weighted by Crippen LogP contribution is 2.30. The normalized spacial score (nSPS) is 21.5. The van der Waals surface area contributed by atoms with Crippen LogP contribution in [0.1, 0.15) is 50.6 Å². The van der Waals surface area contributed by atoms with Gasteiger partial charge in [0.1, 0.15) is 5.82 Å². The summed E-state index contributed by atoms with van der Waals surface area (Å²) >= 11 is 0. The summed E-state index contributed by atoms with van der Waals surface area (Å²) in [5, 5.41) is 9.82. The number of aryl methyl sites for hydroxylation is 1. The molecule has 1 aliphatic carbocycles. The van der Waals surface area contributed by atoms with Crippen LogP contribution in [0.2, 0.25) is 0 Å². The van der Waals surface area contributed by atoms with Crippen LogP contribution in [-0.4, -0.2) is 63.7 Å². The smallest absolute Gasteiger partial charge is 0.228 e. The number of hydrogen-bond acceptors (Lipinski definition) is 5. The molecule has 7 heteroatoms. The van der Waals surface area contributed by atoms with Crippen LogP contribution < -0.4 is 5.32 Å². The first-order chi connectivity index (χ1) is 17.0. The van der Waals surface area contributed by atoms with Gasteiger partial charge in [0.05, 0.1) is 11.9 Å². The highest BCUT2D eigenvalue weighted by Gasteiger charge is 2.27. The number of nitrogens with zero attached hydrogens (tertiary/aromatic N) is 5. The fourth-order valence-corrected chi connectivity index (χ4v) is 5.68. The van der Waals surface area contributed by atoms with Crippen molar-refractivity contribution in [3.63, 3.8) is 0 Å². The quantitative estimate of drug-likeness (QED) is 0.562. The van der Waals surface area contributed by atoms with Crippen LogP contribution >= 0.6 is 0 Å². The minimum absolute atomic E-state index is 0.0720. The molecule has 0 atom stereocenters. The van der Waals surface area contributed by atoms with Crippen molar-refractivity contribution in [2.75, 3.05) is 32.5 Å². The first-order valence-electron chi connectivity index (χ1n) is 13.1. The fraction of sp³-hybridized carbons (Fsp3) is 0.536. The monoisotopic (exact) mass is 474 g/mol. The van der Waals surface area contributed by atoms with E-state index in [2.05, 4.69) is 57.5 Å². The van der Waals surface area contributed by atoms with E-state index in [1.807, 2.05) is 30.2 Å². The van der Waals surface area contributed by atoms with Gasteiger partial charge in [-0.3, -0.25) is 14.4 Å². The maximum absolute atomic E-state index is 12.9. The Hall–Kier alpha value is -2.77. The number of piperidine rings is 1. The molecule has 3 aromatic rings. The lowest BCUT2D eigenvalue weighted by molar-refractivity contribution is -0.121. The van der Waals surface area contributed by atoms with Crippen molar-refractivity contribution in [3.8, 4) is 11.1 Å². The molecule has 1 saturated heterocycles. The zero-order valence-electron chi connectivity index (χ0n) is 21.3. The molecular formula is C28H38N6O. The van der Waals surface area contributed by atoms with Crippen molar-refractivity contribution >= 4 is 22.5 Å².